The van der Waals surface area contributed by atoms with Crippen molar-refractivity contribution in [3.63, 3.8) is 0 Å². The van der Waals surface area contributed by atoms with E-state index in [2.05, 4.69) is 10.2 Å². The molecule has 1 amide bonds. The van der Waals surface area contributed by atoms with E-state index >= 15 is 0 Å². The molecular weight excluding hydrogens is 342 g/mol. The Morgan fingerprint density at radius 1 is 1.07 bits per heavy atom. The largest absolute Gasteiger partial charge is 0.497 e. The molecule has 1 aromatic heterocycles. The number of methoxy groups -OCH3 is 2. The maximum atomic E-state index is 13.0. The van der Waals surface area contributed by atoms with Gasteiger partial charge in [0, 0.05) is 24.8 Å². The van der Waals surface area contributed by atoms with Gasteiger partial charge in [-0.25, -0.2) is 0 Å². The Bertz CT molecular complexity index is 935. The van der Waals surface area contributed by atoms with E-state index in [1.165, 1.54) is 0 Å². The first-order chi connectivity index (χ1) is 13.2. The summed E-state index contributed by atoms with van der Waals surface area (Å²) in [4.78, 5) is 14.9. The van der Waals surface area contributed by atoms with Crippen LogP contribution in [-0.2, 0) is 4.74 Å². The third-order valence-corrected chi connectivity index (χ3v) is 4.88. The number of aromatic amines is 1. The van der Waals surface area contributed by atoms with Crippen LogP contribution in [0.25, 0.3) is 11.3 Å². The van der Waals surface area contributed by atoms with Crippen LogP contribution >= 0.6 is 0 Å². The summed E-state index contributed by atoms with van der Waals surface area (Å²) >= 11 is 0. The van der Waals surface area contributed by atoms with Gasteiger partial charge in [-0.2, -0.15) is 5.10 Å². The Morgan fingerprint density at radius 3 is 2.48 bits per heavy atom. The van der Waals surface area contributed by atoms with Crippen molar-refractivity contribution in [1.29, 1.82) is 0 Å². The fourth-order valence-corrected chi connectivity index (χ4v) is 3.57. The summed E-state index contributed by atoms with van der Waals surface area (Å²) in [6, 6.07) is 17.5. The molecule has 27 heavy (non-hydrogen) atoms. The summed E-state index contributed by atoms with van der Waals surface area (Å²) < 4.78 is 10.5. The van der Waals surface area contributed by atoms with E-state index in [1.807, 2.05) is 59.5 Å². The number of nitrogens with one attached hydrogen (secondary N) is 1. The molecule has 0 radical (unpaired) electrons. The maximum Gasteiger partial charge on any atom is 0.273 e. The van der Waals surface area contributed by atoms with E-state index in [-0.39, 0.29) is 11.9 Å². The lowest BCUT2D eigenvalue weighted by Gasteiger charge is -2.26. The van der Waals surface area contributed by atoms with E-state index in [9.17, 15) is 4.79 Å². The summed E-state index contributed by atoms with van der Waals surface area (Å²) in [6.45, 7) is 0.990. The highest BCUT2D eigenvalue weighted by molar-refractivity contribution is 6.00. The zero-order valence-corrected chi connectivity index (χ0v) is 15.3. The Kier molecular flexibility index (Phi) is 4.64. The average Bonchev–Trinajstić information content (AvgIpc) is 3.26. The van der Waals surface area contributed by atoms with Crippen molar-refractivity contribution >= 4 is 5.91 Å². The molecule has 0 saturated heterocycles. The minimum Gasteiger partial charge on any atom is -0.497 e. The van der Waals surface area contributed by atoms with Crippen LogP contribution in [0.15, 0.2) is 54.6 Å². The summed E-state index contributed by atoms with van der Waals surface area (Å²) in [5.74, 6) is 0.728. The van der Waals surface area contributed by atoms with Crippen LogP contribution in [0.4, 0.5) is 0 Å². The topological polar surface area (TPSA) is 67.5 Å². The van der Waals surface area contributed by atoms with Gasteiger partial charge in [0.2, 0.25) is 0 Å². The smallest absolute Gasteiger partial charge is 0.273 e. The van der Waals surface area contributed by atoms with E-state index in [4.69, 9.17) is 9.47 Å². The van der Waals surface area contributed by atoms with Crippen LogP contribution in [0.3, 0.4) is 0 Å². The predicted molar refractivity (Wildman–Crippen MR) is 102 cm³/mol. The molecule has 1 aliphatic rings. The number of hydrogen-bond donors (Lipinski definition) is 1. The number of fused-ring (bicyclic) bond motifs is 1. The average molecular weight is 363 g/mol. The predicted octanol–water partition coefficient (Wildman–Crippen LogP) is 3.28. The Labute approximate surface area is 157 Å². The van der Waals surface area contributed by atoms with Crippen molar-refractivity contribution < 1.29 is 14.3 Å². The summed E-state index contributed by atoms with van der Waals surface area (Å²) in [7, 11) is 3.28. The zero-order valence-electron chi connectivity index (χ0n) is 15.3. The summed E-state index contributed by atoms with van der Waals surface area (Å²) in [5, 5.41) is 7.42. The molecule has 0 bridgehead atoms. The van der Waals surface area contributed by atoms with Gasteiger partial charge < -0.3 is 14.4 Å². The van der Waals surface area contributed by atoms with Crippen molar-refractivity contribution in [2.45, 2.75) is 6.04 Å². The maximum absolute atomic E-state index is 13.0. The molecule has 1 aliphatic heterocycles. The molecule has 3 aromatic rings. The van der Waals surface area contributed by atoms with Gasteiger partial charge in [0.25, 0.3) is 5.91 Å². The van der Waals surface area contributed by atoms with Crippen LogP contribution in [-0.4, -0.2) is 48.4 Å². The van der Waals surface area contributed by atoms with Crippen LogP contribution in [0.2, 0.25) is 0 Å². The first-order valence-corrected chi connectivity index (χ1v) is 8.82. The molecule has 6 heteroatoms. The molecule has 4 rings (SSSR count). The lowest BCUT2D eigenvalue weighted by Crippen LogP contribution is -2.32. The number of rotatable bonds is 6. The highest BCUT2D eigenvalue weighted by Gasteiger charge is 2.41. The van der Waals surface area contributed by atoms with Gasteiger partial charge in [-0.3, -0.25) is 9.89 Å². The highest BCUT2D eigenvalue weighted by atomic mass is 16.5. The first-order valence-electron chi connectivity index (χ1n) is 8.82. The standard InChI is InChI=1S/C21H21N3O3/c1-26-13-12-24-20(15-6-4-3-5-7-15)17-18(22-23-19(17)21(24)25)14-8-10-16(27-2)11-9-14/h3-11,20H,12-13H2,1-2H3,(H,22,23). The minimum absolute atomic E-state index is 0.0526. The van der Waals surface area contributed by atoms with Crippen molar-refractivity contribution in [3.8, 4) is 17.0 Å². The number of nitrogens with zero attached hydrogens (tertiary/aromatic N) is 2. The zero-order chi connectivity index (χ0) is 18.8. The highest BCUT2D eigenvalue weighted by Crippen LogP contribution is 2.42. The molecule has 2 heterocycles. The second-order valence-corrected chi connectivity index (χ2v) is 6.39. The van der Waals surface area contributed by atoms with Gasteiger partial charge in [-0.15, -0.1) is 0 Å². The lowest BCUT2D eigenvalue weighted by molar-refractivity contribution is 0.0677. The van der Waals surface area contributed by atoms with Crippen molar-refractivity contribution in [2.24, 2.45) is 0 Å². The van der Waals surface area contributed by atoms with Gasteiger partial charge in [-0.05, 0) is 29.8 Å². The second-order valence-electron chi connectivity index (χ2n) is 6.39. The number of benzene rings is 2. The summed E-state index contributed by atoms with van der Waals surface area (Å²) in [5.41, 5.74) is 4.24. The quantitative estimate of drug-likeness (QED) is 0.730. The molecule has 0 fully saturated rings. The van der Waals surface area contributed by atoms with Crippen molar-refractivity contribution in [2.75, 3.05) is 27.4 Å². The van der Waals surface area contributed by atoms with E-state index in [0.29, 0.717) is 18.8 Å². The third kappa shape index (κ3) is 2.98. The van der Waals surface area contributed by atoms with Crippen LogP contribution in [0, 0.1) is 0 Å². The monoisotopic (exact) mass is 363 g/mol. The van der Waals surface area contributed by atoms with Gasteiger partial charge in [0.1, 0.15) is 11.4 Å². The minimum atomic E-state index is -0.195. The number of carbonyl (C=O) groups excluding carboxylic acids is 1. The fraction of sp³-hybridized carbons (Fsp3) is 0.238. The number of ether oxygens (including phenoxy) is 2. The number of H-pyrrole nitrogens is 1. The molecule has 2 aromatic carbocycles. The van der Waals surface area contributed by atoms with E-state index in [0.717, 1.165) is 28.1 Å². The Morgan fingerprint density at radius 2 is 1.81 bits per heavy atom. The molecule has 0 aliphatic carbocycles. The SMILES string of the molecule is COCCN1C(=O)c2[nH]nc(-c3ccc(OC)cc3)c2C1c1ccccc1. The number of amides is 1. The lowest BCUT2D eigenvalue weighted by atomic mass is 9.96. The molecule has 6 nitrogen and oxygen atoms in total. The molecule has 1 N–H and O–H groups in total. The molecular formula is C21H21N3O3. The molecule has 1 atom stereocenters. The van der Waals surface area contributed by atoms with Crippen LogP contribution in [0.5, 0.6) is 5.75 Å². The molecule has 0 saturated carbocycles. The summed E-state index contributed by atoms with van der Waals surface area (Å²) in [6.07, 6.45) is 0. The van der Waals surface area contributed by atoms with Gasteiger partial charge in [0.05, 0.1) is 25.5 Å². The van der Waals surface area contributed by atoms with Gasteiger partial charge in [-0.1, -0.05) is 30.3 Å². The number of aromatic nitrogens is 2. The molecule has 0 spiro atoms. The number of hydrogen-bond acceptors (Lipinski definition) is 4. The Hall–Kier alpha value is -3.12. The van der Waals surface area contributed by atoms with E-state index < -0.39 is 0 Å². The van der Waals surface area contributed by atoms with Crippen LogP contribution in [0.1, 0.15) is 27.7 Å². The molecule has 138 valence electrons. The third-order valence-electron chi connectivity index (χ3n) is 4.88. The number of carbonyl (C=O) groups is 1. The van der Waals surface area contributed by atoms with E-state index in [1.54, 1.807) is 14.2 Å². The first kappa shape index (κ1) is 17.3. The van der Waals surface area contributed by atoms with Crippen LogP contribution < -0.4 is 4.74 Å². The molecule has 1 unspecified atom stereocenters. The van der Waals surface area contributed by atoms with Gasteiger partial charge >= 0.3 is 0 Å². The second kappa shape index (κ2) is 7.25. The van der Waals surface area contributed by atoms with Gasteiger partial charge in [0.15, 0.2) is 0 Å². The van der Waals surface area contributed by atoms with Crippen molar-refractivity contribution in [3.05, 3.63) is 71.4 Å². The fourth-order valence-electron chi connectivity index (χ4n) is 3.57. The Balaban J connectivity index is 1.82. The van der Waals surface area contributed by atoms with Crippen molar-refractivity contribution in [1.82, 2.24) is 15.1 Å². The normalized spacial score (nSPS) is 15.9.